The molecule has 1 unspecified atom stereocenters. The second kappa shape index (κ2) is 7.25. The van der Waals surface area contributed by atoms with E-state index in [0.717, 1.165) is 18.4 Å². The average molecular weight is 359 g/mol. The van der Waals surface area contributed by atoms with Gasteiger partial charge < -0.3 is 15.7 Å². The van der Waals surface area contributed by atoms with E-state index in [-0.39, 0.29) is 12.5 Å². The van der Waals surface area contributed by atoms with Crippen LogP contribution in [0.5, 0.6) is 0 Å². The molecule has 5 nitrogen and oxygen atoms in total. The predicted molar refractivity (Wildman–Crippen MR) is 96.2 cm³/mol. The van der Waals surface area contributed by atoms with Crippen LogP contribution in [-0.2, 0) is 15.2 Å². The van der Waals surface area contributed by atoms with E-state index in [4.69, 9.17) is 11.6 Å². The minimum Gasteiger partial charge on any atom is -0.383 e. The molecule has 0 aromatic heterocycles. The normalized spacial score (nSPS) is 15.9. The van der Waals surface area contributed by atoms with Gasteiger partial charge in [0.05, 0.1) is 6.54 Å². The van der Waals surface area contributed by atoms with Crippen molar-refractivity contribution in [1.82, 2.24) is 5.32 Å². The summed E-state index contributed by atoms with van der Waals surface area (Å²) in [6.45, 7) is -0.00541. The van der Waals surface area contributed by atoms with E-state index in [9.17, 15) is 14.7 Å². The maximum atomic E-state index is 12.1. The molecule has 3 N–H and O–H groups in total. The van der Waals surface area contributed by atoms with Crippen LogP contribution < -0.4 is 10.6 Å². The summed E-state index contributed by atoms with van der Waals surface area (Å²) in [5.74, 6) is -1.48. The van der Waals surface area contributed by atoms with Gasteiger partial charge in [0, 0.05) is 10.7 Å². The molecule has 2 aromatic carbocycles. The first-order valence-electron chi connectivity index (χ1n) is 8.12. The fraction of sp³-hybridized carbons (Fsp3) is 0.263. The van der Waals surface area contributed by atoms with Gasteiger partial charge in [0.2, 0.25) is 0 Å². The van der Waals surface area contributed by atoms with Crippen molar-refractivity contribution < 1.29 is 14.7 Å². The summed E-state index contributed by atoms with van der Waals surface area (Å²) in [5, 5.41) is 16.6. The molecule has 1 aliphatic rings. The van der Waals surface area contributed by atoms with Gasteiger partial charge in [-0.25, -0.2) is 0 Å². The number of aliphatic hydroxyl groups is 1. The van der Waals surface area contributed by atoms with Crippen LogP contribution in [0.1, 0.15) is 18.4 Å². The number of amides is 2. The summed E-state index contributed by atoms with van der Waals surface area (Å²) in [6, 6.07) is 15.7. The van der Waals surface area contributed by atoms with E-state index >= 15 is 0 Å². The summed E-state index contributed by atoms with van der Waals surface area (Å²) in [6.07, 6.45) is 1.80. The van der Waals surface area contributed by atoms with Crippen molar-refractivity contribution in [1.29, 1.82) is 0 Å². The lowest BCUT2D eigenvalue weighted by atomic mass is 9.88. The Morgan fingerprint density at radius 1 is 1.04 bits per heavy atom. The van der Waals surface area contributed by atoms with E-state index < -0.39 is 17.4 Å². The molecule has 0 radical (unpaired) electrons. The van der Waals surface area contributed by atoms with E-state index in [1.807, 2.05) is 30.3 Å². The van der Waals surface area contributed by atoms with Gasteiger partial charge in [0.15, 0.2) is 0 Å². The van der Waals surface area contributed by atoms with Gasteiger partial charge in [-0.3, -0.25) is 9.59 Å². The summed E-state index contributed by atoms with van der Waals surface area (Å²) in [4.78, 5) is 24.1. The van der Waals surface area contributed by atoms with Crippen LogP contribution in [0.2, 0.25) is 5.02 Å². The number of hydrogen-bond donors (Lipinski definition) is 3. The number of carbonyl (C=O) groups is 2. The van der Waals surface area contributed by atoms with E-state index in [1.54, 1.807) is 24.3 Å². The van der Waals surface area contributed by atoms with Crippen LogP contribution in [0, 0.1) is 5.92 Å². The second-order valence-corrected chi connectivity index (χ2v) is 6.64. The van der Waals surface area contributed by atoms with Gasteiger partial charge in [-0.2, -0.15) is 0 Å². The number of anilines is 1. The number of hydrogen-bond acceptors (Lipinski definition) is 3. The minimum absolute atomic E-state index is 0.00541. The van der Waals surface area contributed by atoms with Crippen LogP contribution >= 0.6 is 11.6 Å². The third kappa shape index (κ3) is 4.18. The third-order valence-corrected chi connectivity index (χ3v) is 4.61. The van der Waals surface area contributed by atoms with Gasteiger partial charge >= 0.3 is 11.8 Å². The first-order chi connectivity index (χ1) is 12.0. The number of halogens is 1. The fourth-order valence-corrected chi connectivity index (χ4v) is 2.91. The Labute approximate surface area is 151 Å². The Morgan fingerprint density at radius 2 is 1.68 bits per heavy atom. The molecule has 2 aromatic rings. The molecular formula is C19H19ClN2O3. The molecule has 0 aliphatic heterocycles. The minimum atomic E-state index is -1.16. The summed E-state index contributed by atoms with van der Waals surface area (Å²) >= 11 is 5.78. The summed E-state index contributed by atoms with van der Waals surface area (Å²) in [7, 11) is 0. The van der Waals surface area contributed by atoms with E-state index in [0.29, 0.717) is 10.7 Å². The summed E-state index contributed by atoms with van der Waals surface area (Å²) in [5.41, 5.74) is 0.0678. The van der Waals surface area contributed by atoms with Crippen molar-refractivity contribution >= 4 is 29.1 Å². The molecule has 0 saturated heterocycles. The smallest absolute Gasteiger partial charge is 0.313 e. The van der Waals surface area contributed by atoms with Crippen molar-refractivity contribution in [2.75, 3.05) is 11.9 Å². The second-order valence-electron chi connectivity index (χ2n) is 6.21. The van der Waals surface area contributed by atoms with E-state index in [2.05, 4.69) is 10.6 Å². The predicted octanol–water partition coefficient (Wildman–Crippen LogP) is 2.69. The van der Waals surface area contributed by atoms with Gasteiger partial charge in [-0.1, -0.05) is 41.9 Å². The Morgan fingerprint density at radius 3 is 2.28 bits per heavy atom. The van der Waals surface area contributed by atoms with Gasteiger partial charge in [-0.05, 0) is 48.6 Å². The largest absolute Gasteiger partial charge is 0.383 e. The van der Waals surface area contributed by atoms with Gasteiger partial charge in [-0.15, -0.1) is 0 Å². The summed E-state index contributed by atoms with van der Waals surface area (Å²) < 4.78 is 0. The zero-order valence-electron chi connectivity index (χ0n) is 13.5. The van der Waals surface area contributed by atoms with Crippen LogP contribution in [-0.4, -0.2) is 23.5 Å². The number of rotatable bonds is 5. The SMILES string of the molecule is O=C(NCC(O)(c1ccccc1)C1CC1)C(=O)Nc1ccc(Cl)cc1. The molecule has 2 amide bonds. The first kappa shape index (κ1) is 17.5. The quantitative estimate of drug-likeness (QED) is 0.719. The highest BCUT2D eigenvalue weighted by atomic mass is 35.5. The Bertz CT molecular complexity index is 760. The highest BCUT2D eigenvalue weighted by molar-refractivity contribution is 6.39. The van der Waals surface area contributed by atoms with Crippen molar-refractivity contribution in [3.8, 4) is 0 Å². The van der Waals surface area contributed by atoms with Crippen LogP contribution in [0.3, 0.4) is 0 Å². The van der Waals surface area contributed by atoms with Crippen molar-refractivity contribution in [3.05, 3.63) is 65.2 Å². The monoisotopic (exact) mass is 358 g/mol. The van der Waals surface area contributed by atoms with Gasteiger partial charge in [0.25, 0.3) is 0 Å². The molecule has 3 rings (SSSR count). The zero-order chi connectivity index (χ0) is 17.9. The number of carbonyl (C=O) groups excluding carboxylic acids is 2. The molecule has 130 valence electrons. The molecule has 0 bridgehead atoms. The highest BCUT2D eigenvalue weighted by Gasteiger charge is 2.45. The standard InChI is InChI=1S/C19H19ClN2O3/c20-15-8-10-16(11-9-15)22-18(24)17(23)21-12-19(25,14-6-7-14)13-4-2-1-3-5-13/h1-5,8-11,14,25H,6-7,12H2,(H,21,23)(H,22,24). The molecule has 1 saturated carbocycles. The number of nitrogens with one attached hydrogen (secondary N) is 2. The fourth-order valence-electron chi connectivity index (χ4n) is 2.79. The molecule has 6 heteroatoms. The topological polar surface area (TPSA) is 78.4 Å². The lowest BCUT2D eigenvalue weighted by Crippen LogP contribution is -2.45. The van der Waals surface area contributed by atoms with E-state index in [1.165, 1.54) is 0 Å². The van der Waals surface area contributed by atoms with Crippen molar-refractivity contribution in [2.24, 2.45) is 5.92 Å². The van der Waals surface area contributed by atoms with Crippen LogP contribution in [0.15, 0.2) is 54.6 Å². The molecule has 0 heterocycles. The first-order valence-corrected chi connectivity index (χ1v) is 8.49. The number of benzene rings is 2. The Kier molecular flexibility index (Phi) is 5.06. The third-order valence-electron chi connectivity index (χ3n) is 4.35. The molecule has 1 atom stereocenters. The Hall–Kier alpha value is -2.37. The van der Waals surface area contributed by atoms with Gasteiger partial charge in [0.1, 0.15) is 5.60 Å². The average Bonchev–Trinajstić information content (AvgIpc) is 3.47. The lowest BCUT2D eigenvalue weighted by molar-refractivity contribution is -0.137. The maximum absolute atomic E-state index is 12.1. The molecule has 1 fully saturated rings. The highest BCUT2D eigenvalue weighted by Crippen LogP contribution is 2.45. The lowest BCUT2D eigenvalue weighted by Gasteiger charge is -2.29. The maximum Gasteiger partial charge on any atom is 0.313 e. The molecular weight excluding hydrogens is 340 g/mol. The van der Waals surface area contributed by atoms with Crippen molar-refractivity contribution in [3.63, 3.8) is 0 Å². The van der Waals surface area contributed by atoms with Crippen LogP contribution in [0.4, 0.5) is 5.69 Å². The van der Waals surface area contributed by atoms with Crippen molar-refractivity contribution in [2.45, 2.75) is 18.4 Å². The molecule has 25 heavy (non-hydrogen) atoms. The molecule has 0 spiro atoms. The Balaban J connectivity index is 1.62. The zero-order valence-corrected chi connectivity index (χ0v) is 14.3. The molecule has 1 aliphatic carbocycles. The van der Waals surface area contributed by atoms with Crippen LogP contribution in [0.25, 0.3) is 0 Å².